The highest BCUT2D eigenvalue weighted by atomic mass is 35.5. The van der Waals surface area contributed by atoms with Crippen LogP contribution in [-0.4, -0.2) is 246 Å². The van der Waals surface area contributed by atoms with Crippen LogP contribution in [0.5, 0.6) is 23.0 Å². The second-order valence-corrected chi connectivity index (χ2v) is 40.4. The van der Waals surface area contributed by atoms with Gasteiger partial charge in [-0.2, -0.15) is 9.97 Å². The third-order valence-electron chi connectivity index (χ3n) is 27.2. The zero-order chi connectivity index (χ0) is 92.3. The molecule has 6 aliphatic carbocycles. The largest absolute Gasteiger partial charge is 0.506 e. The molecule has 4 aromatic heterocycles. The lowest BCUT2D eigenvalue weighted by atomic mass is 9.77. The topological polar surface area (TPSA) is 355 Å². The van der Waals surface area contributed by atoms with E-state index >= 15 is 0 Å². The van der Waals surface area contributed by atoms with E-state index in [4.69, 9.17) is 96.2 Å². The maximum atomic E-state index is 15.0. The highest BCUT2D eigenvalue weighted by molar-refractivity contribution is 6.37. The molecule has 4 saturated heterocycles. The van der Waals surface area contributed by atoms with E-state index in [1.54, 1.807) is 41.3 Å². The molecule has 130 heavy (non-hydrogen) atoms. The van der Waals surface area contributed by atoms with Gasteiger partial charge in [0.15, 0.2) is 11.6 Å². The lowest BCUT2D eigenvalue weighted by molar-refractivity contribution is -0.157. The minimum Gasteiger partial charge on any atom is -0.506 e. The number of aromatic nitrogens is 4. The molecule has 6 saturated carbocycles. The Morgan fingerprint density at radius 3 is 1.35 bits per heavy atom. The number of fused-ring (bicyclic) bond motifs is 4. The van der Waals surface area contributed by atoms with Gasteiger partial charge < -0.3 is 77.0 Å². The van der Waals surface area contributed by atoms with Crippen LogP contribution in [0.2, 0.25) is 10.0 Å². The van der Waals surface area contributed by atoms with Crippen LogP contribution in [0, 0.1) is 69.0 Å². The van der Waals surface area contributed by atoms with Crippen molar-refractivity contribution in [2.24, 2.45) is 69.0 Å². The summed E-state index contributed by atoms with van der Waals surface area (Å²) in [7, 11) is 2.61. The summed E-state index contributed by atoms with van der Waals surface area (Å²) in [4.78, 5) is 138. The number of allylic oxidation sites excluding steroid dienone is 2. The second kappa shape index (κ2) is 41.7. The van der Waals surface area contributed by atoms with E-state index in [2.05, 4.69) is 43.6 Å². The van der Waals surface area contributed by atoms with Gasteiger partial charge in [-0.3, -0.25) is 48.2 Å². The molecule has 0 radical (unpaired) electrons. The van der Waals surface area contributed by atoms with Crippen molar-refractivity contribution in [1.82, 2.24) is 39.5 Å². The first-order chi connectivity index (χ1) is 61.5. The molecule has 10 fully saturated rings. The van der Waals surface area contributed by atoms with Crippen LogP contribution in [0.3, 0.4) is 0 Å². The molecule has 30 nitrogen and oxygen atoms in total. The number of phenolic OH excluding ortho intramolecular Hbond substituents is 1. The van der Waals surface area contributed by atoms with E-state index in [1.165, 1.54) is 50.6 Å². The quantitative estimate of drug-likeness (QED) is 0.0146. The van der Waals surface area contributed by atoms with E-state index in [0.717, 1.165) is 77.5 Å². The van der Waals surface area contributed by atoms with Crippen LogP contribution in [0.4, 0.5) is 12.0 Å². The molecule has 6 aromatic rings. The number of alkyl halides is 1. The molecule has 3 N–H and O–H groups in total. The fourth-order valence-corrected chi connectivity index (χ4v) is 20.2. The van der Waals surface area contributed by atoms with Crippen molar-refractivity contribution in [3.63, 3.8) is 0 Å². The van der Waals surface area contributed by atoms with E-state index in [0.29, 0.717) is 131 Å². The van der Waals surface area contributed by atoms with Crippen LogP contribution < -0.4 is 24.8 Å². The predicted molar refractivity (Wildman–Crippen MR) is 492 cm³/mol. The molecular formula is C96H126Cl4N10O20. The highest BCUT2D eigenvalue weighted by Gasteiger charge is 2.63. The molecule has 16 atom stereocenters. The molecule has 2 aromatic carbocycles. The number of hydrogen-bond donors (Lipinski definition) is 3. The zero-order valence-electron chi connectivity index (χ0n) is 76.5. The zero-order valence-corrected chi connectivity index (χ0v) is 79.6. The molecule has 0 bridgehead atoms. The number of Topliss-reactive ketones (excluding diaryl/α,β-unsaturated/α-hetero) is 2. The maximum absolute atomic E-state index is 15.0. The summed E-state index contributed by atoms with van der Waals surface area (Å²) in [5, 5.41) is 18.2. The first kappa shape index (κ1) is 98.6. The number of likely N-dealkylation sites (tertiary alicyclic amines) is 2. The maximum Gasteiger partial charge on any atom is 0.312 e. The van der Waals surface area contributed by atoms with Gasteiger partial charge in [-0.25, -0.2) is 9.97 Å². The van der Waals surface area contributed by atoms with Gasteiger partial charge in [0.1, 0.15) is 88.0 Å². The van der Waals surface area contributed by atoms with E-state index in [1.807, 2.05) is 75.3 Å². The van der Waals surface area contributed by atoms with Gasteiger partial charge in [0.2, 0.25) is 11.8 Å². The predicted octanol–water partition coefficient (Wildman–Crippen LogP) is 15.3. The summed E-state index contributed by atoms with van der Waals surface area (Å²) in [6.07, 6.45) is 11.1. The Morgan fingerprint density at radius 1 is 0.554 bits per heavy atom. The van der Waals surface area contributed by atoms with Gasteiger partial charge in [-0.15, -0.1) is 37.2 Å². The summed E-state index contributed by atoms with van der Waals surface area (Å²) in [5.74, 6) is -0.879. The number of rotatable bonds is 34. The third-order valence-corrected chi connectivity index (χ3v) is 28.1. The van der Waals surface area contributed by atoms with Crippen LogP contribution >= 0.6 is 47.2 Å². The number of hydrogen-bond acceptors (Lipinski definition) is 28. The number of phenols is 1. The van der Waals surface area contributed by atoms with Crippen molar-refractivity contribution in [2.75, 3.05) is 116 Å². The van der Waals surface area contributed by atoms with Gasteiger partial charge in [0.25, 0.3) is 12.0 Å². The molecular weight excluding hydrogens is 1750 g/mol. The molecule has 16 rings (SSSR count). The number of esters is 4. The molecule has 10 aliphatic rings. The Hall–Kier alpha value is -8.88. The first-order valence-corrected chi connectivity index (χ1v) is 46.8. The van der Waals surface area contributed by atoms with Gasteiger partial charge in [0.05, 0.1) is 124 Å². The van der Waals surface area contributed by atoms with Crippen LogP contribution in [0.15, 0.2) is 83.1 Å². The Bertz CT molecular complexity index is 5100. The van der Waals surface area contributed by atoms with Crippen molar-refractivity contribution >= 4 is 128 Å². The number of methoxy groups -OCH3 is 2. The average molecular weight is 1880 g/mol. The van der Waals surface area contributed by atoms with E-state index in [9.17, 15) is 43.5 Å². The number of oxazole rings is 2. The number of nitrogens with one attached hydrogen (secondary N) is 2. The van der Waals surface area contributed by atoms with Crippen molar-refractivity contribution < 1.29 is 94.9 Å². The van der Waals surface area contributed by atoms with Crippen molar-refractivity contribution in [1.29, 1.82) is 0 Å². The molecule has 708 valence electrons. The molecule has 8 heterocycles. The minimum atomic E-state index is -1.05. The number of morpholine rings is 2. The molecule has 4 aliphatic heterocycles. The Morgan fingerprint density at radius 2 is 0.962 bits per heavy atom. The first-order valence-electron chi connectivity index (χ1n) is 45.5. The highest BCUT2D eigenvalue weighted by Crippen LogP contribution is 2.60. The normalized spacial score (nSPS) is 26.5. The summed E-state index contributed by atoms with van der Waals surface area (Å²) < 4.78 is 63.9. The van der Waals surface area contributed by atoms with Crippen molar-refractivity contribution in [3.05, 3.63) is 84.3 Å². The number of anilines is 2. The molecule has 34 heteroatoms. The van der Waals surface area contributed by atoms with Crippen LogP contribution in [-0.2, 0) is 66.8 Å². The van der Waals surface area contributed by atoms with Gasteiger partial charge in [-0.05, 0) is 150 Å². The Kier molecular flexibility index (Phi) is 31.7. The number of halogens is 4. The molecule has 0 spiro atoms. The SMILES string of the molecule is C=C[C@@H]1CC1(CC(=O)[C@@H]1C[C@@H](Oc2cc(-c3coc(NC(C)C)n3)nc3c(Cl)c(O)ccc23)CN1C(=O)[C@@H](CC(=O)OC1C[C@@H]2C[C@@H]2C1)C(C)(C)C)C(=O)OC.C=C[C@@H]1CC1(CC(=O)[C@@H]1C[C@@H](Oc2cc(-c3coc(NC(C)C)n3)nc3c(Cl)c(OCCN4CCOCC4)ccc23)CN1C(=O)[C@@H](CC(=O)OC1C[C@@H]2C[C@@H]2C1)C(C)(C)C)C(=O)OC.Cl.ClCCN1CCOCC1. The summed E-state index contributed by atoms with van der Waals surface area (Å²) in [6.45, 7) is 36.1. The molecule has 2 amide bonds. The van der Waals surface area contributed by atoms with Gasteiger partial charge in [-0.1, -0.05) is 76.9 Å². The van der Waals surface area contributed by atoms with E-state index < -0.39 is 81.7 Å². The smallest absolute Gasteiger partial charge is 0.312 e. The fraction of sp³-hybridized carbons (Fsp3) is 0.625. The van der Waals surface area contributed by atoms with Gasteiger partial charge >= 0.3 is 23.9 Å². The Balaban J connectivity index is 0.000000202. The Labute approximate surface area is 781 Å². The second-order valence-electron chi connectivity index (χ2n) is 39.3. The fourth-order valence-electron chi connectivity index (χ4n) is 19.5. The number of ether oxygens (including phenoxy) is 9. The number of carbonyl (C=O) groups excluding carboxylic acids is 8. The number of ketones is 2. The lowest BCUT2D eigenvalue weighted by Crippen LogP contribution is -2.48. The number of carbonyl (C=O) groups is 8. The van der Waals surface area contributed by atoms with Crippen molar-refractivity contribution in [3.8, 4) is 45.8 Å². The van der Waals surface area contributed by atoms with E-state index in [-0.39, 0.29) is 145 Å². The summed E-state index contributed by atoms with van der Waals surface area (Å²) in [6, 6.07) is 8.97. The number of amides is 2. The lowest BCUT2D eigenvalue weighted by Gasteiger charge is -2.35. The number of nitrogens with zero attached hydrogens (tertiary/aromatic N) is 8. The number of benzene rings is 2. The number of pyridine rings is 2. The molecule has 4 unspecified atom stereocenters. The summed E-state index contributed by atoms with van der Waals surface area (Å²) in [5.41, 5.74) is -1.15. The van der Waals surface area contributed by atoms with Gasteiger partial charge in [0, 0.05) is 106 Å². The number of aromatic hydroxyl groups is 1. The minimum absolute atomic E-state index is 0. The monoisotopic (exact) mass is 1880 g/mol. The van der Waals surface area contributed by atoms with Crippen LogP contribution in [0.1, 0.15) is 159 Å². The third kappa shape index (κ3) is 23.1. The van der Waals surface area contributed by atoms with Crippen LogP contribution in [0.25, 0.3) is 44.6 Å². The average Bonchev–Trinajstić information content (AvgIpc) is 1.57. The summed E-state index contributed by atoms with van der Waals surface area (Å²) >= 11 is 19.2. The van der Waals surface area contributed by atoms with Crippen molar-refractivity contribution in [2.45, 2.75) is 208 Å². The standard InChI is InChI=1S/C48H62ClN5O10.C42H51ClN4O9.C6H12ClNO.ClH/c1-8-30-23-48(30,45(58)59-7)24-38(55)37-20-32(25-54(37)44(57)34(47(4,5)6)21-41(56)64-31-18-28-17-29(28)19-31)63-40-22-35(36-26-62-46(52-36)50-27(2)3)51-43-33(40)9-10-39(42(43)49)61-16-13-53-11-14-60-15-12-53;1-8-24-17-42(24,39(52)53-7)18-33(49)31-14-26(19-47(31)38(51)28(41(4,5)6)15-35(50)56-25-12-22-11-23(22)13-25)55-34-16-29(30-20-54-40(46-30)44-21(2)3)45-37-27(34)9-10-32(48)36(37)43;7-1-2-8-3-5-9-6-4-8;/h8-10,22,26-32,34,37H,1,11-21,23-25H2,2-7H3,(H,50,52);8-10,16,20-26,28,31,48H,1,11-15,17-19H2,2-7H3,(H,44,46);1-6H2;1H/t28-,29+,30-,31?,32-,34-,37+,48?;22-,23+,24-,25?,26-,28-,31+,42?;;/m11../s1.